The average Bonchev–Trinajstić information content (AvgIpc) is 3.21. The number of hydrogen-bond acceptors (Lipinski definition) is 4. The third kappa shape index (κ3) is 4.79. The van der Waals surface area contributed by atoms with E-state index in [0.29, 0.717) is 12.0 Å². The molecule has 1 aliphatic carbocycles. The molecule has 0 aromatic carbocycles. The lowest BCUT2D eigenvalue weighted by atomic mass is 10.1. The Balaban J connectivity index is 0.00000192. The molecule has 2 fully saturated rings. The van der Waals surface area contributed by atoms with Gasteiger partial charge in [-0.05, 0) is 32.6 Å². The number of nitrogens with one attached hydrogen (secondary N) is 2. The fourth-order valence-electron chi connectivity index (χ4n) is 3.07. The molecule has 2 N–H and O–H groups in total. The minimum atomic E-state index is 0. The Hall–Kier alpha value is -0.410. The van der Waals surface area contributed by atoms with E-state index in [9.17, 15) is 0 Å². The van der Waals surface area contributed by atoms with Crippen LogP contribution in [0.4, 0.5) is 0 Å². The van der Waals surface area contributed by atoms with Crippen LogP contribution in [-0.4, -0.2) is 48.1 Å². The molecule has 2 heterocycles. The summed E-state index contributed by atoms with van der Waals surface area (Å²) in [5.74, 6) is 1.56. The minimum Gasteiger partial charge on any atom is -0.352 e. The second-order valence-electron chi connectivity index (χ2n) is 6.59. The van der Waals surface area contributed by atoms with Gasteiger partial charge < -0.3 is 10.6 Å². The summed E-state index contributed by atoms with van der Waals surface area (Å²) in [6.45, 7) is 9.62. The number of thiazole rings is 1. The monoisotopic (exact) mass is 449 g/mol. The van der Waals surface area contributed by atoms with E-state index in [4.69, 9.17) is 0 Å². The van der Waals surface area contributed by atoms with Gasteiger partial charge in [-0.25, -0.2) is 4.98 Å². The highest BCUT2D eigenvalue weighted by Gasteiger charge is 2.38. The van der Waals surface area contributed by atoms with Crippen LogP contribution in [0.25, 0.3) is 0 Å². The second kappa shape index (κ2) is 8.11. The summed E-state index contributed by atoms with van der Waals surface area (Å²) >= 11 is 1.76. The van der Waals surface area contributed by atoms with Gasteiger partial charge in [0, 0.05) is 37.1 Å². The molecule has 0 bridgehead atoms. The lowest BCUT2D eigenvalue weighted by molar-refractivity contribution is 0.315. The van der Waals surface area contributed by atoms with Crippen LogP contribution in [0.3, 0.4) is 0 Å². The molecule has 2 unspecified atom stereocenters. The maximum absolute atomic E-state index is 4.57. The first kappa shape index (κ1) is 18.9. The normalized spacial score (nSPS) is 25.3. The van der Waals surface area contributed by atoms with Crippen molar-refractivity contribution in [2.45, 2.75) is 52.2 Å². The highest BCUT2D eigenvalue weighted by atomic mass is 127. The molecule has 1 saturated carbocycles. The number of hydrogen-bond donors (Lipinski definition) is 2. The third-order valence-electron chi connectivity index (χ3n) is 4.73. The Bertz CT molecular complexity index is 535. The molecule has 1 aromatic rings. The number of aromatic nitrogens is 1. The van der Waals surface area contributed by atoms with E-state index in [-0.39, 0.29) is 24.0 Å². The number of aryl methyl sites for hydroxylation is 2. The van der Waals surface area contributed by atoms with Crippen molar-refractivity contribution in [1.82, 2.24) is 20.5 Å². The van der Waals surface area contributed by atoms with Crippen molar-refractivity contribution >= 4 is 41.3 Å². The summed E-state index contributed by atoms with van der Waals surface area (Å²) in [6, 6.07) is 1.34. The Morgan fingerprint density at radius 1 is 1.35 bits per heavy atom. The molecular weight excluding hydrogens is 421 g/mol. The van der Waals surface area contributed by atoms with Crippen molar-refractivity contribution in [2.24, 2.45) is 10.9 Å². The number of nitrogens with zero attached hydrogens (tertiary/aromatic N) is 3. The van der Waals surface area contributed by atoms with E-state index in [0.717, 1.165) is 35.8 Å². The molecule has 7 heteroatoms. The Morgan fingerprint density at radius 2 is 2.09 bits per heavy atom. The van der Waals surface area contributed by atoms with E-state index in [1.165, 1.54) is 24.3 Å². The molecule has 5 nitrogen and oxygen atoms in total. The van der Waals surface area contributed by atoms with Gasteiger partial charge in [0.1, 0.15) is 5.01 Å². The lowest BCUT2D eigenvalue weighted by Gasteiger charge is -2.20. The van der Waals surface area contributed by atoms with Gasteiger partial charge in [0.05, 0.1) is 12.2 Å². The lowest BCUT2D eigenvalue weighted by Crippen LogP contribution is -2.46. The highest BCUT2D eigenvalue weighted by Crippen LogP contribution is 2.31. The van der Waals surface area contributed by atoms with Crippen molar-refractivity contribution in [3.8, 4) is 0 Å². The fourth-order valence-corrected chi connectivity index (χ4v) is 3.95. The molecule has 0 spiro atoms. The standard InChI is InChI=1S/C16H27N5S.HI/c1-10-8-21(13-5-6-13)9-14(10)20-16(17-4)18-7-15-19-11(2)12(3)22-15;/h10,13-14H,5-9H2,1-4H3,(H2,17,18,20);1H. The highest BCUT2D eigenvalue weighted by molar-refractivity contribution is 14.0. The van der Waals surface area contributed by atoms with Crippen LogP contribution < -0.4 is 10.6 Å². The minimum absolute atomic E-state index is 0. The quantitative estimate of drug-likeness (QED) is 0.422. The molecule has 1 aromatic heterocycles. The molecule has 2 atom stereocenters. The van der Waals surface area contributed by atoms with Crippen LogP contribution in [0, 0.1) is 19.8 Å². The zero-order chi connectivity index (χ0) is 15.7. The summed E-state index contributed by atoms with van der Waals surface area (Å²) in [6.07, 6.45) is 2.77. The molecule has 0 amide bonds. The fraction of sp³-hybridized carbons (Fsp3) is 0.750. The van der Waals surface area contributed by atoms with Gasteiger partial charge >= 0.3 is 0 Å². The van der Waals surface area contributed by atoms with Gasteiger partial charge in [-0.3, -0.25) is 9.89 Å². The van der Waals surface area contributed by atoms with E-state index in [1.807, 2.05) is 7.05 Å². The molecule has 0 radical (unpaired) electrons. The maximum Gasteiger partial charge on any atom is 0.191 e. The van der Waals surface area contributed by atoms with Gasteiger partial charge in [0.2, 0.25) is 0 Å². The summed E-state index contributed by atoms with van der Waals surface area (Å²) in [5.41, 5.74) is 1.13. The van der Waals surface area contributed by atoms with Crippen LogP contribution in [0.5, 0.6) is 0 Å². The van der Waals surface area contributed by atoms with Crippen molar-refractivity contribution in [3.63, 3.8) is 0 Å². The molecule has 1 saturated heterocycles. The third-order valence-corrected chi connectivity index (χ3v) is 5.80. The zero-order valence-electron chi connectivity index (χ0n) is 14.4. The summed E-state index contributed by atoms with van der Waals surface area (Å²) in [5, 5.41) is 8.12. The average molecular weight is 449 g/mol. The first-order valence-electron chi connectivity index (χ1n) is 8.21. The first-order valence-corrected chi connectivity index (χ1v) is 9.02. The number of guanidine groups is 1. The SMILES string of the molecule is CN=C(NCc1nc(C)c(C)s1)NC1CN(C2CC2)CC1C.I. The number of halogens is 1. The van der Waals surface area contributed by atoms with Crippen molar-refractivity contribution in [2.75, 3.05) is 20.1 Å². The largest absolute Gasteiger partial charge is 0.352 e. The first-order chi connectivity index (χ1) is 10.6. The molecular formula is C16H28IN5S. The van der Waals surface area contributed by atoms with Crippen LogP contribution in [0.1, 0.15) is 35.3 Å². The Labute approximate surface area is 160 Å². The van der Waals surface area contributed by atoms with Gasteiger partial charge in [-0.15, -0.1) is 35.3 Å². The number of likely N-dealkylation sites (tertiary alicyclic amines) is 1. The van der Waals surface area contributed by atoms with E-state index >= 15 is 0 Å². The maximum atomic E-state index is 4.57. The van der Waals surface area contributed by atoms with Gasteiger partial charge in [0.25, 0.3) is 0 Å². The van der Waals surface area contributed by atoms with Crippen molar-refractivity contribution in [3.05, 3.63) is 15.6 Å². The smallest absolute Gasteiger partial charge is 0.191 e. The predicted octanol–water partition coefficient (Wildman–Crippen LogP) is 2.53. The summed E-state index contributed by atoms with van der Waals surface area (Å²) in [7, 11) is 1.84. The molecule has 130 valence electrons. The molecule has 3 rings (SSSR count). The van der Waals surface area contributed by atoms with E-state index in [1.54, 1.807) is 11.3 Å². The molecule has 2 aliphatic rings. The van der Waals surface area contributed by atoms with Crippen LogP contribution in [0.15, 0.2) is 4.99 Å². The van der Waals surface area contributed by atoms with Crippen LogP contribution in [0.2, 0.25) is 0 Å². The zero-order valence-corrected chi connectivity index (χ0v) is 17.6. The van der Waals surface area contributed by atoms with Gasteiger partial charge in [0.15, 0.2) is 5.96 Å². The predicted molar refractivity (Wildman–Crippen MR) is 108 cm³/mol. The van der Waals surface area contributed by atoms with E-state index < -0.39 is 0 Å². The van der Waals surface area contributed by atoms with Crippen molar-refractivity contribution in [1.29, 1.82) is 0 Å². The van der Waals surface area contributed by atoms with E-state index in [2.05, 4.69) is 46.3 Å². The molecule has 23 heavy (non-hydrogen) atoms. The number of rotatable bonds is 4. The van der Waals surface area contributed by atoms with Gasteiger partial charge in [-0.2, -0.15) is 0 Å². The topological polar surface area (TPSA) is 52.6 Å². The second-order valence-corrected chi connectivity index (χ2v) is 7.88. The number of aliphatic imine (C=N–C) groups is 1. The summed E-state index contributed by atoms with van der Waals surface area (Å²) < 4.78 is 0. The van der Waals surface area contributed by atoms with Gasteiger partial charge in [-0.1, -0.05) is 6.92 Å². The Morgan fingerprint density at radius 3 is 2.65 bits per heavy atom. The Kier molecular flexibility index (Phi) is 6.67. The molecule has 1 aliphatic heterocycles. The van der Waals surface area contributed by atoms with Crippen LogP contribution in [-0.2, 0) is 6.54 Å². The van der Waals surface area contributed by atoms with Crippen molar-refractivity contribution < 1.29 is 0 Å². The summed E-state index contributed by atoms with van der Waals surface area (Å²) in [4.78, 5) is 12.9. The van der Waals surface area contributed by atoms with Crippen LogP contribution >= 0.6 is 35.3 Å².